The van der Waals surface area contributed by atoms with Gasteiger partial charge in [-0.2, -0.15) is 0 Å². The van der Waals surface area contributed by atoms with Crippen molar-refractivity contribution in [1.82, 2.24) is 10.2 Å². The molecule has 2 rings (SSSR count). The van der Waals surface area contributed by atoms with Gasteiger partial charge < -0.3 is 15.0 Å². The number of hydrogen-bond donors (Lipinski definition) is 1. The van der Waals surface area contributed by atoms with Gasteiger partial charge in [-0.15, -0.1) is 0 Å². The lowest BCUT2D eigenvalue weighted by Gasteiger charge is -2.47. The Morgan fingerprint density at radius 3 is 2.63 bits per heavy atom. The van der Waals surface area contributed by atoms with Crippen LogP contribution in [0.3, 0.4) is 0 Å². The molecule has 2 atom stereocenters. The van der Waals surface area contributed by atoms with Gasteiger partial charge in [0.15, 0.2) is 0 Å². The van der Waals surface area contributed by atoms with E-state index in [0.29, 0.717) is 17.7 Å². The minimum absolute atomic E-state index is 0.383. The lowest BCUT2D eigenvalue weighted by Crippen LogP contribution is -2.57. The highest BCUT2D eigenvalue weighted by Gasteiger charge is 2.38. The van der Waals surface area contributed by atoms with E-state index in [2.05, 4.69) is 38.2 Å². The van der Waals surface area contributed by atoms with E-state index < -0.39 is 0 Å². The van der Waals surface area contributed by atoms with Gasteiger partial charge in [-0.05, 0) is 52.6 Å². The first-order valence-electron chi connectivity index (χ1n) is 8.08. The van der Waals surface area contributed by atoms with Crippen LogP contribution in [0.15, 0.2) is 0 Å². The minimum atomic E-state index is 0.383. The molecule has 3 nitrogen and oxygen atoms in total. The molecule has 0 saturated heterocycles. The molecule has 0 spiro atoms. The summed E-state index contributed by atoms with van der Waals surface area (Å²) < 4.78 is 5.64. The Labute approximate surface area is 119 Å². The molecule has 2 unspecified atom stereocenters. The van der Waals surface area contributed by atoms with E-state index in [9.17, 15) is 0 Å². The zero-order valence-electron chi connectivity index (χ0n) is 13.2. The molecule has 2 aliphatic rings. The molecule has 1 N–H and O–H groups in total. The molecular formula is C16H32N2O. The van der Waals surface area contributed by atoms with Crippen LogP contribution in [-0.4, -0.2) is 49.8 Å². The molecule has 0 aliphatic heterocycles. The summed E-state index contributed by atoms with van der Waals surface area (Å²) in [6.45, 7) is 6.50. The first-order chi connectivity index (χ1) is 9.05. The fourth-order valence-electron chi connectivity index (χ4n) is 3.80. The molecule has 2 saturated carbocycles. The smallest absolute Gasteiger partial charge is 0.0604 e. The van der Waals surface area contributed by atoms with Crippen molar-refractivity contribution in [3.8, 4) is 0 Å². The van der Waals surface area contributed by atoms with Crippen LogP contribution >= 0.6 is 0 Å². The average molecular weight is 268 g/mol. The van der Waals surface area contributed by atoms with Crippen molar-refractivity contribution < 1.29 is 4.74 Å². The molecule has 0 radical (unpaired) electrons. The van der Waals surface area contributed by atoms with Gasteiger partial charge in [0.1, 0.15) is 0 Å². The highest BCUT2D eigenvalue weighted by molar-refractivity contribution is 4.97. The lowest BCUT2D eigenvalue weighted by atomic mass is 9.75. The molecule has 0 amide bonds. The molecule has 0 bridgehead atoms. The Hall–Kier alpha value is -0.120. The minimum Gasteiger partial charge on any atom is -0.378 e. The Balaban J connectivity index is 1.78. The predicted molar refractivity (Wildman–Crippen MR) is 80.5 cm³/mol. The normalized spacial score (nSPS) is 39.3. The van der Waals surface area contributed by atoms with Crippen molar-refractivity contribution in [3.63, 3.8) is 0 Å². The Bertz CT molecular complexity index is 276. The standard InChI is InChI=1S/C16H32N2O/c1-5-19-15-9-14(10-15)17-12-16(18(3)4)8-6-7-13(2)11-16/h13-15,17H,5-12H2,1-4H3. The monoisotopic (exact) mass is 268 g/mol. The van der Waals surface area contributed by atoms with Gasteiger partial charge in [0.25, 0.3) is 0 Å². The second-order valence-corrected chi connectivity index (χ2v) is 6.95. The van der Waals surface area contributed by atoms with Gasteiger partial charge in [-0.25, -0.2) is 0 Å². The van der Waals surface area contributed by atoms with Crippen LogP contribution in [0.1, 0.15) is 52.4 Å². The van der Waals surface area contributed by atoms with Crippen LogP contribution in [0.2, 0.25) is 0 Å². The predicted octanol–water partition coefficient (Wildman–Crippen LogP) is 2.65. The van der Waals surface area contributed by atoms with Crippen molar-refractivity contribution >= 4 is 0 Å². The van der Waals surface area contributed by atoms with Gasteiger partial charge in [0, 0.05) is 24.7 Å². The highest BCUT2D eigenvalue weighted by Crippen LogP contribution is 2.36. The summed E-state index contributed by atoms with van der Waals surface area (Å²) in [4.78, 5) is 2.47. The van der Waals surface area contributed by atoms with Crippen LogP contribution in [-0.2, 0) is 4.74 Å². The maximum Gasteiger partial charge on any atom is 0.0604 e. The van der Waals surface area contributed by atoms with E-state index in [1.807, 2.05) is 0 Å². The first kappa shape index (κ1) is 15.3. The largest absolute Gasteiger partial charge is 0.378 e. The quantitative estimate of drug-likeness (QED) is 0.801. The average Bonchev–Trinajstić information content (AvgIpc) is 2.31. The van der Waals surface area contributed by atoms with Crippen LogP contribution in [0.4, 0.5) is 0 Å². The second-order valence-electron chi connectivity index (χ2n) is 6.95. The third kappa shape index (κ3) is 3.71. The maximum absolute atomic E-state index is 5.64. The zero-order chi connectivity index (χ0) is 13.9. The summed E-state index contributed by atoms with van der Waals surface area (Å²) in [7, 11) is 4.51. The summed E-state index contributed by atoms with van der Waals surface area (Å²) in [6.07, 6.45) is 8.40. The van der Waals surface area contributed by atoms with Crippen molar-refractivity contribution in [2.24, 2.45) is 5.92 Å². The Morgan fingerprint density at radius 2 is 2.05 bits per heavy atom. The number of ether oxygens (including phenoxy) is 1. The molecule has 112 valence electrons. The van der Waals surface area contributed by atoms with Gasteiger partial charge in [0.2, 0.25) is 0 Å². The second kappa shape index (κ2) is 6.55. The summed E-state index contributed by atoms with van der Waals surface area (Å²) in [6, 6.07) is 0.686. The van der Waals surface area contributed by atoms with E-state index in [-0.39, 0.29) is 0 Å². The molecule has 3 heteroatoms. The van der Waals surface area contributed by atoms with E-state index in [1.54, 1.807) is 0 Å². The fourth-order valence-corrected chi connectivity index (χ4v) is 3.80. The summed E-state index contributed by atoms with van der Waals surface area (Å²) in [5, 5.41) is 3.80. The van der Waals surface area contributed by atoms with Gasteiger partial charge in [-0.3, -0.25) is 0 Å². The third-order valence-corrected chi connectivity index (χ3v) is 5.23. The van der Waals surface area contributed by atoms with Crippen molar-refractivity contribution in [2.75, 3.05) is 27.2 Å². The van der Waals surface area contributed by atoms with Crippen LogP contribution in [0.25, 0.3) is 0 Å². The molecule has 0 aromatic rings. The third-order valence-electron chi connectivity index (χ3n) is 5.23. The van der Waals surface area contributed by atoms with E-state index in [4.69, 9.17) is 4.74 Å². The molecule has 2 fully saturated rings. The van der Waals surface area contributed by atoms with Crippen LogP contribution in [0, 0.1) is 5.92 Å². The van der Waals surface area contributed by atoms with Gasteiger partial charge in [-0.1, -0.05) is 19.8 Å². The molecular weight excluding hydrogens is 236 g/mol. The molecule has 19 heavy (non-hydrogen) atoms. The summed E-state index contributed by atoms with van der Waals surface area (Å²) in [5.41, 5.74) is 0.383. The van der Waals surface area contributed by atoms with E-state index in [0.717, 1.165) is 19.1 Å². The number of likely N-dealkylation sites (N-methyl/N-ethyl adjacent to an activating group) is 1. The lowest BCUT2D eigenvalue weighted by molar-refractivity contribution is -0.0161. The van der Waals surface area contributed by atoms with E-state index in [1.165, 1.54) is 38.5 Å². The zero-order valence-corrected chi connectivity index (χ0v) is 13.2. The van der Waals surface area contributed by atoms with Crippen LogP contribution in [0.5, 0.6) is 0 Å². The van der Waals surface area contributed by atoms with Crippen molar-refractivity contribution in [2.45, 2.75) is 70.1 Å². The Morgan fingerprint density at radius 1 is 1.32 bits per heavy atom. The molecule has 2 aliphatic carbocycles. The number of nitrogens with one attached hydrogen (secondary N) is 1. The summed E-state index contributed by atoms with van der Waals surface area (Å²) in [5.74, 6) is 0.871. The molecule has 0 aromatic heterocycles. The number of rotatable bonds is 6. The van der Waals surface area contributed by atoms with Gasteiger partial charge >= 0.3 is 0 Å². The first-order valence-corrected chi connectivity index (χ1v) is 8.08. The highest BCUT2D eigenvalue weighted by atomic mass is 16.5. The molecule has 0 aromatic carbocycles. The van der Waals surface area contributed by atoms with Crippen molar-refractivity contribution in [1.29, 1.82) is 0 Å². The molecule has 0 heterocycles. The number of nitrogens with zero attached hydrogens (tertiary/aromatic N) is 1. The van der Waals surface area contributed by atoms with E-state index >= 15 is 0 Å². The maximum atomic E-state index is 5.64. The van der Waals surface area contributed by atoms with Crippen LogP contribution < -0.4 is 5.32 Å². The summed E-state index contributed by atoms with van der Waals surface area (Å²) >= 11 is 0. The Kier molecular flexibility index (Phi) is 5.27. The topological polar surface area (TPSA) is 24.5 Å². The van der Waals surface area contributed by atoms with Gasteiger partial charge in [0.05, 0.1) is 6.10 Å². The fraction of sp³-hybridized carbons (Fsp3) is 1.00. The number of hydrogen-bond acceptors (Lipinski definition) is 3. The van der Waals surface area contributed by atoms with Crippen molar-refractivity contribution in [3.05, 3.63) is 0 Å². The SMILES string of the molecule is CCOC1CC(NCC2(N(C)C)CCCC(C)C2)C1.